The Morgan fingerprint density at radius 2 is 2.04 bits per heavy atom. The van der Waals surface area contributed by atoms with E-state index in [1.54, 1.807) is 13.3 Å². The standard InChI is InChI=1S/C19H19N5O3/c1-26-17-11-15(12-20-23-18-13-21-24-19(25)22-18)7-8-16(17)27-10-9-14-5-3-2-4-6-14/h2-8,11-13H,9-10H2,1H3,(H2,22,23,24,25)/b20-12-. The van der Waals surface area contributed by atoms with Gasteiger partial charge in [0.1, 0.15) is 0 Å². The molecule has 0 saturated heterocycles. The molecule has 3 aromatic rings. The summed E-state index contributed by atoms with van der Waals surface area (Å²) in [5.74, 6) is 1.53. The van der Waals surface area contributed by atoms with Gasteiger partial charge in [-0.3, -0.25) is 5.43 Å². The summed E-state index contributed by atoms with van der Waals surface area (Å²) >= 11 is 0. The van der Waals surface area contributed by atoms with Crippen LogP contribution >= 0.6 is 0 Å². The smallest absolute Gasteiger partial charge is 0.363 e. The van der Waals surface area contributed by atoms with Gasteiger partial charge in [-0.1, -0.05) is 30.3 Å². The highest BCUT2D eigenvalue weighted by Gasteiger charge is 2.05. The molecule has 1 aromatic heterocycles. The van der Waals surface area contributed by atoms with Crippen LogP contribution in [0.25, 0.3) is 0 Å². The first-order chi connectivity index (χ1) is 13.2. The molecule has 1 heterocycles. The van der Waals surface area contributed by atoms with Crippen LogP contribution in [0.15, 0.2) is 64.6 Å². The van der Waals surface area contributed by atoms with E-state index in [-0.39, 0.29) is 5.82 Å². The number of nitrogens with one attached hydrogen (secondary N) is 2. The summed E-state index contributed by atoms with van der Waals surface area (Å²) < 4.78 is 11.2. The van der Waals surface area contributed by atoms with Crippen molar-refractivity contribution < 1.29 is 9.47 Å². The van der Waals surface area contributed by atoms with Gasteiger partial charge in [-0.25, -0.2) is 9.89 Å². The zero-order valence-electron chi connectivity index (χ0n) is 14.8. The molecule has 0 saturated carbocycles. The number of nitrogens with zero attached hydrogens (tertiary/aromatic N) is 3. The first kappa shape index (κ1) is 18.1. The number of methoxy groups -OCH3 is 1. The van der Waals surface area contributed by atoms with Gasteiger partial charge in [0, 0.05) is 6.42 Å². The molecule has 0 amide bonds. The van der Waals surface area contributed by atoms with E-state index in [4.69, 9.17) is 9.47 Å². The maximum Gasteiger partial charge on any atom is 0.363 e. The number of hydrazone groups is 1. The van der Waals surface area contributed by atoms with Crippen molar-refractivity contribution in [1.82, 2.24) is 15.2 Å². The number of anilines is 1. The summed E-state index contributed by atoms with van der Waals surface area (Å²) in [6, 6.07) is 15.6. The van der Waals surface area contributed by atoms with Gasteiger partial charge < -0.3 is 9.47 Å². The van der Waals surface area contributed by atoms with Gasteiger partial charge in [0.2, 0.25) is 0 Å². The van der Waals surface area contributed by atoms with Gasteiger partial charge in [0.25, 0.3) is 0 Å². The lowest BCUT2D eigenvalue weighted by molar-refractivity contribution is 0.297. The minimum absolute atomic E-state index is 0.253. The van der Waals surface area contributed by atoms with Crippen LogP contribution < -0.4 is 20.6 Å². The van der Waals surface area contributed by atoms with E-state index in [0.717, 1.165) is 12.0 Å². The molecule has 3 rings (SSSR count). The molecular weight excluding hydrogens is 346 g/mol. The van der Waals surface area contributed by atoms with Crippen LogP contribution in [0.4, 0.5) is 5.82 Å². The Bertz CT molecular complexity index is 957. The van der Waals surface area contributed by atoms with E-state index in [0.29, 0.717) is 18.1 Å². The van der Waals surface area contributed by atoms with E-state index in [1.807, 2.05) is 36.4 Å². The molecule has 0 unspecified atom stereocenters. The lowest BCUT2D eigenvalue weighted by Crippen LogP contribution is -2.13. The van der Waals surface area contributed by atoms with Gasteiger partial charge in [0.05, 0.1) is 26.1 Å². The molecule has 0 bridgehead atoms. The molecule has 2 N–H and O–H groups in total. The third-order valence-corrected chi connectivity index (χ3v) is 3.64. The number of rotatable bonds is 8. The van der Waals surface area contributed by atoms with E-state index < -0.39 is 5.69 Å². The van der Waals surface area contributed by atoms with Crippen molar-refractivity contribution in [3.05, 3.63) is 76.3 Å². The highest BCUT2D eigenvalue weighted by Crippen LogP contribution is 2.27. The fourth-order valence-corrected chi connectivity index (χ4v) is 2.35. The molecule has 138 valence electrons. The molecule has 2 aromatic carbocycles. The maximum absolute atomic E-state index is 11.1. The van der Waals surface area contributed by atoms with Crippen molar-refractivity contribution in [2.45, 2.75) is 6.42 Å². The van der Waals surface area contributed by atoms with Crippen LogP contribution in [-0.2, 0) is 6.42 Å². The highest BCUT2D eigenvalue weighted by atomic mass is 16.5. The van der Waals surface area contributed by atoms with E-state index in [2.05, 4.69) is 37.8 Å². The lowest BCUT2D eigenvalue weighted by Gasteiger charge is -2.11. The van der Waals surface area contributed by atoms with Crippen molar-refractivity contribution in [1.29, 1.82) is 0 Å². The molecule has 0 spiro atoms. The molecule has 27 heavy (non-hydrogen) atoms. The molecule has 0 fully saturated rings. The summed E-state index contributed by atoms with van der Waals surface area (Å²) in [5, 5.41) is 9.85. The van der Waals surface area contributed by atoms with Crippen LogP contribution in [0, 0.1) is 0 Å². The SMILES string of the molecule is COc1cc(/C=N\Nc2cn[nH]c(=O)n2)ccc1OCCc1ccccc1. The van der Waals surface area contributed by atoms with Crippen LogP contribution in [-0.4, -0.2) is 35.1 Å². The second-order valence-electron chi connectivity index (χ2n) is 5.54. The Hall–Kier alpha value is -3.68. The largest absolute Gasteiger partial charge is 0.493 e. The maximum atomic E-state index is 11.1. The Kier molecular flexibility index (Phi) is 6.13. The van der Waals surface area contributed by atoms with Crippen molar-refractivity contribution in [2.24, 2.45) is 5.10 Å². The normalized spacial score (nSPS) is 10.7. The topological polar surface area (TPSA) is 101 Å². The van der Waals surface area contributed by atoms with Gasteiger partial charge in [-0.15, -0.1) is 0 Å². The average molecular weight is 365 g/mol. The summed E-state index contributed by atoms with van der Waals surface area (Å²) in [6.45, 7) is 0.552. The number of benzene rings is 2. The number of hydrogen-bond acceptors (Lipinski definition) is 7. The van der Waals surface area contributed by atoms with E-state index in [9.17, 15) is 4.79 Å². The van der Waals surface area contributed by atoms with Crippen LogP contribution in [0.3, 0.4) is 0 Å². The number of hydrogen-bond donors (Lipinski definition) is 2. The first-order valence-electron chi connectivity index (χ1n) is 8.30. The third-order valence-electron chi connectivity index (χ3n) is 3.64. The summed E-state index contributed by atoms with van der Waals surface area (Å²) in [6.07, 6.45) is 3.76. The minimum Gasteiger partial charge on any atom is -0.493 e. The van der Waals surface area contributed by atoms with E-state index in [1.165, 1.54) is 11.8 Å². The quantitative estimate of drug-likeness (QED) is 0.469. The number of aromatic nitrogens is 3. The Balaban J connectivity index is 1.59. The molecular formula is C19H19N5O3. The van der Waals surface area contributed by atoms with Crippen molar-refractivity contribution in [3.63, 3.8) is 0 Å². The van der Waals surface area contributed by atoms with E-state index >= 15 is 0 Å². The molecule has 0 aliphatic rings. The molecule has 0 aliphatic heterocycles. The Morgan fingerprint density at radius 3 is 2.81 bits per heavy atom. The fraction of sp³-hybridized carbons (Fsp3) is 0.158. The van der Waals surface area contributed by atoms with Crippen molar-refractivity contribution in [3.8, 4) is 11.5 Å². The van der Waals surface area contributed by atoms with Crippen LogP contribution in [0.2, 0.25) is 0 Å². The third kappa shape index (κ3) is 5.40. The average Bonchev–Trinajstić information content (AvgIpc) is 2.70. The number of H-pyrrole nitrogens is 1. The monoisotopic (exact) mass is 365 g/mol. The zero-order chi connectivity index (χ0) is 18.9. The molecule has 8 nitrogen and oxygen atoms in total. The molecule has 0 radical (unpaired) electrons. The van der Waals surface area contributed by atoms with Gasteiger partial charge in [-0.2, -0.15) is 15.2 Å². The first-order valence-corrected chi connectivity index (χ1v) is 8.30. The lowest BCUT2D eigenvalue weighted by atomic mass is 10.2. The van der Waals surface area contributed by atoms with Gasteiger partial charge in [-0.05, 0) is 29.3 Å². The fourth-order valence-electron chi connectivity index (χ4n) is 2.35. The minimum atomic E-state index is -0.547. The second kappa shape index (κ2) is 9.14. The molecule has 0 atom stereocenters. The number of aromatic amines is 1. The van der Waals surface area contributed by atoms with Crippen LogP contribution in [0.5, 0.6) is 11.5 Å². The highest BCUT2D eigenvalue weighted by molar-refractivity contribution is 5.81. The summed E-state index contributed by atoms with van der Waals surface area (Å²) in [7, 11) is 1.59. The molecule has 0 aliphatic carbocycles. The summed E-state index contributed by atoms with van der Waals surface area (Å²) in [5.41, 5.74) is 4.11. The predicted molar refractivity (Wildman–Crippen MR) is 103 cm³/mol. The van der Waals surface area contributed by atoms with Gasteiger partial charge >= 0.3 is 5.69 Å². The molecule has 8 heteroatoms. The van der Waals surface area contributed by atoms with Crippen molar-refractivity contribution >= 4 is 12.0 Å². The van der Waals surface area contributed by atoms with Gasteiger partial charge in [0.15, 0.2) is 17.3 Å². The summed E-state index contributed by atoms with van der Waals surface area (Å²) in [4.78, 5) is 14.7. The number of ether oxygens (including phenoxy) is 2. The van der Waals surface area contributed by atoms with Crippen molar-refractivity contribution in [2.75, 3.05) is 19.1 Å². The predicted octanol–water partition coefficient (Wildman–Crippen LogP) is 2.24. The second-order valence-corrected chi connectivity index (χ2v) is 5.54. The Morgan fingerprint density at radius 1 is 1.19 bits per heavy atom. The zero-order valence-corrected chi connectivity index (χ0v) is 14.8. The Labute approximate surface area is 155 Å². The van der Waals surface area contributed by atoms with Crippen LogP contribution in [0.1, 0.15) is 11.1 Å².